The largest absolute Gasteiger partial charge is 0.462 e. The van der Waals surface area contributed by atoms with E-state index in [-0.39, 0.29) is 17.2 Å². The smallest absolute Gasteiger partial charge is 0.340 e. The molecule has 1 fully saturated rings. The zero-order valence-corrected chi connectivity index (χ0v) is 15.7. The normalized spacial score (nSPS) is 19.8. The minimum absolute atomic E-state index is 0.198. The third kappa shape index (κ3) is 4.71. The summed E-state index contributed by atoms with van der Waals surface area (Å²) in [5, 5.41) is 3.16. The molecule has 4 nitrogen and oxygen atoms in total. The van der Waals surface area contributed by atoms with E-state index in [4.69, 9.17) is 4.74 Å². The van der Waals surface area contributed by atoms with Gasteiger partial charge in [0.1, 0.15) is 0 Å². The minimum Gasteiger partial charge on any atom is -0.462 e. The number of allylic oxidation sites excluding steroid dienone is 1. The van der Waals surface area contributed by atoms with Crippen LogP contribution in [0.2, 0.25) is 0 Å². The maximum absolute atomic E-state index is 12.3. The van der Waals surface area contributed by atoms with Crippen LogP contribution in [0.25, 0.3) is 0 Å². The highest BCUT2D eigenvalue weighted by Crippen LogP contribution is 2.41. The van der Waals surface area contributed by atoms with E-state index in [1.807, 2.05) is 12.1 Å². The Labute approximate surface area is 150 Å². The van der Waals surface area contributed by atoms with Crippen molar-refractivity contribution in [2.75, 3.05) is 11.9 Å². The van der Waals surface area contributed by atoms with E-state index < -0.39 is 0 Å². The second-order valence-electron chi connectivity index (χ2n) is 7.29. The Morgan fingerprint density at radius 2 is 2.04 bits per heavy atom. The lowest BCUT2D eigenvalue weighted by Gasteiger charge is -2.36. The molecule has 0 saturated heterocycles. The number of para-hydroxylation sites is 1. The number of carbonyl (C=O) groups excluding carboxylic acids is 2. The maximum Gasteiger partial charge on any atom is 0.340 e. The molecule has 0 bridgehead atoms. The summed E-state index contributed by atoms with van der Waals surface area (Å²) in [6, 6.07) is 7.21. The first-order valence-corrected chi connectivity index (χ1v) is 9.14. The molecular weight excluding hydrogens is 314 g/mol. The van der Waals surface area contributed by atoms with E-state index in [0.717, 1.165) is 24.8 Å². The number of hydrogen-bond acceptors (Lipinski definition) is 4. The molecule has 1 aromatic rings. The summed E-state index contributed by atoms with van der Waals surface area (Å²) >= 11 is 0. The lowest BCUT2D eigenvalue weighted by Crippen LogP contribution is -2.29. The van der Waals surface area contributed by atoms with Crippen LogP contribution in [-0.2, 0) is 9.53 Å². The third-order valence-corrected chi connectivity index (χ3v) is 5.39. The third-order valence-electron chi connectivity index (χ3n) is 5.39. The Morgan fingerprint density at radius 3 is 2.72 bits per heavy atom. The van der Waals surface area contributed by atoms with E-state index in [0.29, 0.717) is 30.2 Å². The predicted molar refractivity (Wildman–Crippen MR) is 101 cm³/mol. The molecule has 4 heteroatoms. The second-order valence-corrected chi connectivity index (χ2v) is 7.29. The van der Waals surface area contributed by atoms with Crippen molar-refractivity contribution in [2.24, 2.45) is 11.3 Å². The van der Waals surface area contributed by atoms with E-state index in [2.05, 4.69) is 26.1 Å². The fraction of sp³-hybridized carbons (Fsp3) is 0.524. The Balaban J connectivity index is 2.18. The van der Waals surface area contributed by atoms with Crippen LogP contribution in [-0.4, -0.2) is 18.4 Å². The van der Waals surface area contributed by atoms with Gasteiger partial charge in [-0.1, -0.05) is 39.3 Å². The Kier molecular flexibility index (Phi) is 6.40. The van der Waals surface area contributed by atoms with Crippen molar-refractivity contribution in [2.45, 2.75) is 53.4 Å². The number of benzene rings is 1. The van der Waals surface area contributed by atoms with Gasteiger partial charge in [0.05, 0.1) is 17.9 Å². The quantitative estimate of drug-likeness (QED) is 0.585. The summed E-state index contributed by atoms with van der Waals surface area (Å²) in [5.74, 6) is 0.344. The summed E-state index contributed by atoms with van der Waals surface area (Å²) in [5.41, 5.74) is 2.19. The first-order chi connectivity index (χ1) is 11.9. The minimum atomic E-state index is -0.357. The number of carbonyl (C=O) groups is 2. The van der Waals surface area contributed by atoms with Crippen molar-refractivity contribution in [1.29, 1.82) is 0 Å². The highest BCUT2D eigenvalue weighted by Gasteiger charge is 2.33. The molecule has 25 heavy (non-hydrogen) atoms. The number of nitrogens with one attached hydrogen (secondary N) is 1. The first kappa shape index (κ1) is 19.2. The molecule has 0 aromatic heterocycles. The summed E-state index contributed by atoms with van der Waals surface area (Å²) < 4.78 is 5.09. The fourth-order valence-corrected chi connectivity index (χ4v) is 3.20. The van der Waals surface area contributed by atoms with Crippen LogP contribution in [0.3, 0.4) is 0 Å². The SMILES string of the molecule is CCOC(=O)c1ccccc1N/C=C1\C[C@@H](C(C)(C)CC)CCC1=O. The molecule has 0 unspecified atom stereocenters. The van der Waals surface area contributed by atoms with Crippen molar-refractivity contribution in [3.63, 3.8) is 0 Å². The van der Waals surface area contributed by atoms with Gasteiger partial charge in [0, 0.05) is 18.2 Å². The lowest BCUT2D eigenvalue weighted by molar-refractivity contribution is -0.117. The van der Waals surface area contributed by atoms with Crippen molar-refractivity contribution in [3.8, 4) is 0 Å². The summed E-state index contributed by atoms with van der Waals surface area (Å²) in [6.45, 7) is 8.86. The van der Waals surface area contributed by atoms with Crippen LogP contribution in [0.5, 0.6) is 0 Å². The van der Waals surface area contributed by atoms with Gasteiger partial charge in [-0.2, -0.15) is 0 Å². The first-order valence-electron chi connectivity index (χ1n) is 9.14. The Bertz CT molecular complexity index is 661. The van der Waals surface area contributed by atoms with Crippen molar-refractivity contribution in [3.05, 3.63) is 41.6 Å². The molecule has 1 atom stereocenters. The number of Topliss-reactive ketones (excluding diaryl/α,β-unsaturated/α-hetero) is 1. The van der Waals surface area contributed by atoms with Gasteiger partial charge in [-0.15, -0.1) is 0 Å². The van der Waals surface area contributed by atoms with Gasteiger partial charge in [0.25, 0.3) is 0 Å². The Hall–Kier alpha value is -2.10. The molecule has 1 aromatic carbocycles. The summed E-state index contributed by atoms with van der Waals surface area (Å²) in [7, 11) is 0. The summed E-state index contributed by atoms with van der Waals surface area (Å²) in [6.07, 6.45) is 5.21. The molecule has 1 aliphatic carbocycles. The maximum atomic E-state index is 12.3. The molecule has 2 rings (SSSR count). The summed E-state index contributed by atoms with van der Waals surface area (Å²) in [4.78, 5) is 24.4. The number of rotatable bonds is 6. The van der Waals surface area contributed by atoms with Gasteiger partial charge in [-0.3, -0.25) is 4.79 Å². The van der Waals surface area contributed by atoms with Crippen molar-refractivity contribution in [1.82, 2.24) is 0 Å². The van der Waals surface area contributed by atoms with Crippen molar-refractivity contribution >= 4 is 17.4 Å². The molecule has 0 amide bonds. The van der Waals surface area contributed by atoms with Crippen molar-refractivity contribution < 1.29 is 14.3 Å². The van der Waals surface area contributed by atoms with Gasteiger partial charge in [-0.25, -0.2) is 4.79 Å². The molecule has 0 spiro atoms. The van der Waals surface area contributed by atoms with E-state index in [1.165, 1.54) is 0 Å². The number of hydrogen-bond donors (Lipinski definition) is 1. The molecule has 0 radical (unpaired) electrons. The second kappa shape index (κ2) is 8.32. The fourth-order valence-electron chi connectivity index (χ4n) is 3.20. The standard InChI is InChI=1S/C21H29NO3/c1-5-21(3,4)16-11-12-19(23)15(13-16)14-22-18-10-8-7-9-17(18)20(24)25-6-2/h7-10,14,16,22H,5-6,11-13H2,1-4H3/b15-14+/t16-/m0/s1. The topological polar surface area (TPSA) is 55.4 Å². The van der Waals surface area contributed by atoms with Crippen LogP contribution in [0.15, 0.2) is 36.0 Å². The van der Waals surface area contributed by atoms with Gasteiger partial charge in [0.15, 0.2) is 5.78 Å². The predicted octanol–water partition coefficient (Wildman–Crippen LogP) is 4.96. The zero-order valence-electron chi connectivity index (χ0n) is 15.7. The number of ketones is 1. The molecule has 1 aliphatic rings. The van der Waals surface area contributed by atoms with Crippen LogP contribution in [0, 0.1) is 11.3 Å². The molecule has 0 aliphatic heterocycles. The van der Waals surface area contributed by atoms with Crippen LogP contribution in [0.1, 0.15) is 63.7 Å². The average molecular weight is 343 g/mol. The zero-order chi connectivity index (χ0) is 18.4. The molecular formula is C21H29NO3. The molecule has 136 valence electrons. The van der Waals surface area contributed by atoms with E-state index in [9.17, 15) is 9.59 Å². The highest BCUT2D eigenvalue weighted by atomic mass is 16.5. The van der Waals surface area contributed by atoms with Gasteiger partial charge in [-0.05, 0) is 43.2 Å². The molecule has 0 heterocycles. The van der Waals surface area contributed by atoms with Crippen LogP contribution < -0.4 is 5.32 Å². The van der Waals surface area contributed by atoms with Crippen LogP contribution >= 0.6 is 0 Å². The number of anilines is 1. The number of esters is 1. The van der Waals surface area contributed by atoms with Gasteiger partial charge < -0.3 is 10.1 Å². The molecule has 1 N–H and O–H groups in total. The number of ether oxygens (including phenoxy) is 1. The highest BCUT2D eigenvalue weighted by molar-refractivity contribution is 5.98. The Morgan fingerprint density at radius 1 is 1.32 bits per heavy atom. The van der Waals surface area contributed by atoms with Gasteiger partial charge in [0.2, 0.25) is 0 Å². The lowest BCUT2D eigenvalue weighted by atomic mass is 9.68. The van der Waals surface area contributed by atoms with E-state index in [1.54, 1.807) is 25.3 Å². The van der Waals surface area contributed by atoms with Gasteiger partial charge >= 0.3 is 5.97 Å². The van der Waals surface area contributed by atoms with E-state index >= 15 is 0 Å². The monoisotopic (exact) mass is 343 g/mol. The van der Waals surface area contributed by atoms with Crippen LogP contribution in [0.4, 0.5) is 5.69 Å². The molecule has 1 saturated carbocycles. The average Bonchev–Trinajstić information content (AvgIpc) is 2.61.